The minimum Gasteiger partial charge on any atom is -0.493 e. The Hall–Kier alpha value is -2.20. The van der Waals surface area contributed by atoms with Crippen LogP contribution in [0, 0.1) is 5.92 Å². The van der Waals surface area contributed by atoms with Gasteiger partial charge in [0.1, 0.15) is 4.75 Å². The number of hydrogen-bond donors (Lipinski definition) is 2. The number of benzene rings is 2. The zero-order valence-corrected chi connectivity index (χ0v) is 22.1. The summed E-state index contributed by atoms with van der Waals surface area (Å²) in [6, 6.07) is 8.56. The number of amides is 1. The molecule has 0 aromatic heterocycles. The van der Waals surface area contributed by atoms with E-state index in [4.69, 9.17) is 37.4 Å². The number of nitrogens with one attached hydrogen (secondary N) is 1. The minimum absolute atomic E-state index is 0.00299. The fraction of sp³-hybridized carbons (Fsp3) is 0.458. The molecule has 2 aromatic rings. The second-order valence-electron chi connectivity index (χ2n) is 8.56. The maximum atomic E-state index is 13.0. The van der Waals surface area contributed by atoms with Gasteiger partial charge in [-0.1, -0.05) is 29.3 Å². The van der Waals surface area contributed by atoms with E-state index in [0.717, 1.165) is 5.56 Å². The Bertz CT molecular complexity index is 1160. The van der Waals surface area contributed by atoms with Crippen LogP contribution in [-0.4, -0.2) is 51.5 Å². The van der Waals surface area contributed by atoms with Crippen molar-refractivity contribution >= 4 is 39.2 Å². The first-order valence-corrected chi connectivity index (χ1v) is 13.2. The summed E-state index contributed by atoms with van der Waals surface area (Å²) in [5, 5.41) is 3.54. The molecule has 11 heteroatoms. The van der Waals surface area contributed by atoms with Gasteiger partial charge in [-0.2, -0.15) is 8.42 Å². The van der Waals surface area contributed by atoms with Crippen molar-refractivity contribution in [1.29, 1.82) is 0 Å². The van der Waals surface area contributed by atoms with Crippen molar-refractivity contribution in [3.05, 3.63) is 51.5 Å². The van der Waals surface area contributed by atoms with E-state index in [-0.39, 0.29) is 31.7 Å². The lowest BCUT2D eigenvalue weighted by atomic mass is 9.81. The lowest BCUT2D eigenvalue weighted by Gasteiger charge is -2.36. The van der Waals surface area contributed by atoms with Crippen molar-refractivity contribution in [3.8, 4) is 17.2 Å². The molecule has 0 radical (unpaired) electrons. The second kappa shape index (κ2) is 11.2. The van der Waals surface area contributed by atoms with Gasteiger partial charge in [-0.25, -0.2) is 0 Å². The Morgan fingerprint density at radius 1 is 1.03 bits per heavy atom. The van der Waals surface area contributed by atoms with Gasteiger partial charge in [0.2, 0.25) is 11.7 Å². The third kappa shape index (κ3) is 5.97. The molecule has 192 valence electrons. The normalized spacial score (nSPS) is 17.5. The molecular weight excluding hydrogens is 517 g/mol. The first-order valence-electron chi connectivity index (χ1n) is 11.0. The van der Waals surface area contributed by atoms with Crippen LogP contribution in [0.4, 0.5) is 0 Å². The number of carbonyl (C=O) groups is 1. The van der Waals surface area contributed by atoms with Gasteiger partial charge in [0.25, 0.3) is 10.1 Å². The summed E-state index contributed by atoms with van der Waals surface area (Å²) in [4.78, 5) is 12.1. The highest BCUT2D eigenvalue weighted by Gasteiger charge is 2.51. The first-order chi connectivity index (χ1) is 16.5. The monoisotopic (exact) mass is 545 g/mol. The Morgan fingerprint density at radius 3 is 2.17 bits per heavy atom. The lowest BCUT2D eigenvalue weighted by molar-refractivity contribution is -0.119. The molecule has 1 fully saturated rings. The predicted molar refractivity (Wildman–Crippen MR) is 135 cm³/mol. The largest absolute Gasteiger partial charge is 0.493 e. The van der Waals surface area contributed by atoms with Crippen LogP contribution in [0.25, 0.3) is 0 Å². The number of halogens is 2. The average molecular weight is 546 g/mol. The SMILES string of the molecule is COc1cc(CC(CCCc2ccc(Cl)c(Cl)c2)(C2CNC(=O)C2)S(=O)(=O)O)cc(OC)c1OC. The van der Waals surface area contributed by atoms with Crippen molar-refractivity contribution < 1.29 is 32.0 Å². The number of hydrogen-bond acceptors (Lipinski definition) is 6. The predicted octanol–water partition coefficient (Wildman–Crippen LogP) is 4.35. The van der Waals surface area contributed by atoms with Gasteiger partial charge >= 0.3 is 0 Å². The van der Waals surface area contributed by atoms with E-state index < -0.39 is 20.8 Å². The van der Waals surface area contributed by atoms with E-state index in [1.165, 1.54) is 21.3 Å². The lowest BCUT2D eigenvalue weighted by Crippen LogP contribution is -2.48. The molecule has 2 unspecified atom stereocenters. The van der Waals surface area contributed by atoms with Crippen molar-refractivity contribution in [1.82, 2.24) is 5.32 Å². The molecule has 0 aliphatic carbocycles. The van der Waals surface area contributed by atoms with Gasteiger partial charge < -0.3 is 19.5 Å². The molecule has 35 heavy (non-hydrogen) atoms. The highest BCUT2D eigenvalue weighted by molar-refractivity contribution is 7.87. The van der Waals surface area contributed by atoms with Crippen LogP contribution in [0.1, 0.15) is 30.4 Å². The van der Waals surface area contributed by atoms with Gasteiger partial charge in [-0.05, 0) is 61.1 Å². The van der Waals surface area contributed by atoms with Crippen molar-refractivity contribution in [2.75, 3.05) is 27.9 Å². The molecule has 2 aromatic carbocycles. The van der Waals surface area contributed by atoms with E-state index in [0.29, 0.717) is 45.7 Å². The number of ether oxygens (including phenoxy) is 3. The van der Waals surface area contributed by atoms with Gasteiger partial charge in [-0.15, -0.1) is 0 Å². The topological polar surface area (TPSA) is 111 Å². The smallest absolute Gasteiger partial charge is 0.271 e. The molecule has 1 aliphatic heterocycles. The number of aryl methyl sites for hydroxylation is 1. The second-order valence-corrected chi connectivity index (χ2v) is 11.1. The Morgan fingerprint density at radius 2 is 1.69 bits per heavy atom. The van der Waals surface area contributed by atoms with Crippen LogP contribution in [-0.2, 0) is 27.8 Å². The highest BCUT2D eigenvalue weighted by Crippen LogP contribution is 2.43. The molecule has 0 saturated carbocycles. The van der Waals surface area contributed by atoms with E-state index in [9.17, 15) is 17.8 Å². The summed E-state index contributed by atoms with van der Waals surface area (Å²) >= 11 is 12.1. The minimum atomic E-state index is -4.61. The Balaban J connectivity index is 2.00. The van der Waals surface area contributed by atoms with Gasteiger partial charge in [0.05, 0.1) is 31.4 Å². The van der Waals surface area contributed by atoms with Crippen LogP contribution in [0.2, 0.25) is 10.0 Å². The molecule has 1 heterocycles. The number of rotatable bonds is 11. The van der Waals surface area contributed by atoms with E-state index in [1.807, 2.05) is 6.07 Å². The van der Waals surface area contributed by atoms with E-state index >= 15 is 0 Å². The fourth-order valence-electron chi connectivity index (χ4n) is 4.71. The van der Waals surface area contributed by atoms with Gasteiger partial charge in [-0.3, -0.25) is 9.35 Å². The van der Waals surface area contributed by atoms with Gasteiger partial charge in [0.15, 0.2) is 11.5 Å². The molecule has 3 rings (SSSR count). The maximum Gasteiger partial charge on any atom is 0.271 e. The third-order valence-electron chi connectivity index (χ3n) is 6.51. The molecule has 8 nitrogen and oxygen atoms in total. The van der Waals surface area contributed by atoms with Crippen LogP contribution in [0.5, 0.6) is 17.2 Å². The first kappa shape index (κ1) is 27.4. The molecular formula is C24H29Cl2NO7S. The number of carbonyl (C=O) groups excluding carboxylic acids is 1. The van der Waals surface area contributed by atoms with Crippen molar-refractivity contribution in [3.63, 3.8) is 0 Å². The Kier molecular flexibility index (Phi) is 8.80. The van der Waals surface area contributed by atoms with Crippen molar-refractivity contribution in [2.24, 2.45) is 5.92 Å². The molecule has 2 N–H and O–H groups in total. The fourth-order valence-corrected chi connectivity index (χ4v) is 6.37. The highest BCUT2D eigenvalue weighted by atomic mass is 35.5. The van der Waals surface area contributed by atoms with E-state index in [1.54, 1.807) is 24.3 Å². The molecule has 1 amide bonds. The molecule has 1 saturated heterocycles. The number of methoxy groups -OCH3 is 3. The van der Waals surface area contributed by atoms with Crippen LogP contribution < -0.4 is 19.5 Å². The standard InChI is InChI=1S/C24H29Cl2NO7S/c1-32-20-10-16(11-21(33-2)23(20)34-3)13-24(35(29,30)31,17-12-22(28)27-14-17)8-4-5-15-6-7-18(25)19(26)9-15/h6-7,9-11,17H,4-5,8,12-14H2,1-3H3,(H,27,28)(H,29,30,31). The Labute approximate surface area is 215 Å². The molecule has 1 aliphatic rings. The summed E-state index contributed by atoms with van der Waals surface area (Å²) in [7, 11) is -0.202. The van der Waals surface area contributed by atoms with E-state index in [2.05, 4.69) is 5.32 Å². The molecule has 0 bridgehead atoms. The molecule has 0 spiro atoms. The van der Waals surface area contributed by atoms with Crippen LogP contribution in [0.3, 0.4) is 0 Å². The summed E-state index contributed by atoms with van der Waals surface area (Å²) < 4.78 is 51.2. The summed E-state index contributed by atoms with van der Waals surface area (Å²) in [5.41, 5.74) is 1.45. The quantitative estimate of drug-likeness (QED) is 0.403. The maximum absolute atomic E-state index is 13.0. The van der Waals surface area contributed by atoms with Crippen LogP contribution in [0.15, 0.2) is 30.3 Å². The van der Waals surface area contributed by atoms with Crippen molar-refractivity contribution in [2.45, 2.75) is 36.9 Å². The average Bonchev–Trinajstić information content (AvgIpc) is 3.25. The third-order valence-corrected chi connectivity index (χ3v) is 8.96. The zero-order valence-electron chi connectivity index (χ0n) is 19.8. The van der Waals surface area contributed by atoms with Gasteiger partial charge in [0, 0.05) is 18.9 Å². The summed E-state index contributed by atoms with van der Waals surface area (Å²) in [6.07, 6.45) is 0.993. The summed E-state index contributed by atoms with van der Waals surface area (Å²) in [6.45, 7) is 0.149. The molecule has 2 atom stereocenters. The summed E-state index contributed by atoms with van der Waals surface area (Å²) in [5.74, 6) is 0.217. The zero-order chi connectivity index (χ0) is 25.8. The van der Waals surface area contributed by atoms with Crippen LogP contribution >= 0.6 is 23.2 Å².